The van der Waals surface area contributed by atoms with E-state index >= 15 is 0 Å². The Labute approximate surface area is 128 Å². The van der Waals surface area contributed by atoms with Crippen LogP contribution in [0.5, 0.6) is 0 Å². The number of amides is 1. The fraction of sp³-hybridized carbons (Fsp3) is 0.529. The topological polar surface area (TPSA) is 57.6 Å². The van der Waals surface area contributed by atoms with E-state index in [1.807, 2.05) is 0 Å². The number of nitrogens with zero attached hydrogens (tertiary/aromatic N) is 1. The molecule has 5 heteroatoms. The third-order valence-corrected chi connectivity index (χ3v) is 4.92. The van der Waals surface area contributed by atoms with Gasteiger partial charge in [0.2, 0.25) is 5.91 Å². The van der Waals surface area contributed by atoms with E-state index in [0.29, 0.717) is 38.8 Å². The van der Waals surface area contributed by atoms with Gasteiger partial charge in [-0.05, 0) is 55.4 Å². The minimum atomic E-state index is -0.756. The summed E-state index contributed by atoms with van der Waals surface area (Å²) in [6, 6.07) is 4.77. The molecule has 0 atom stereocenters. The summed E-state index contributed by atoms with van der Waals surface area (Å²) in [5.41, 5.74) is 2.00. The molecule has 22 heavy (non-hydrogen) atoms. The fourth-order valence-corrected chi connectivity index (χ4v) is 3.56. The van der Waals surface area contributed by atoms with Crippen LogP contribution in [0.1, 0.15) is 36.8 Å². The molecule has 0 radical (unpaired) electrons. The number of fused-ring (bicyclic) bond motifs is 1. The Hall–Kier alpha value is -1.91. The third-order valence-electron chi connectivity index (χ3n) is 4.92. The minimum absolute atomic E-state index is 0.0780. The third kappa shape index (κ3) is 2.98. The van der Waals surface area contributed by atoms with E-state index in [1.165, 1.54) is 12.1 Å². The number of aliphatic carboxylic acids is 1. The molecule has 1 saturated carbocycles. The van der Waals surface area contributed by atoms with Crippen molar-refractivity contribution in [3.63, 3.8) is 0 Å². The molecular formula is C17H20FNO3. The summed E-state index contributed by atoms with van der Waals surface area (Å²) < 4.78 is 13.3. The maximum Gasteiger partial charge on any atom is 0.306 e. The van der Waals surface area contributed by atoms with Gasteiger partial charge in [-0.2, -0.15) is 0 Å². The zero-order chi connectivity index (χ0) is 15.7. The van der Waals surface area contributed by atoms with Gasteiger partial charge in [-0.1, -0.05) is 6.07 Å². The van der Waals surface area contributed by atoms with Crippen molar-refractivity contribution in [3.8, 4) is 0 Å². The number of halogens is 1. The van der Waals surface area contributed by atoms with Crippen LogP contribution in [0, 0.1) is 17.7 Å². The molecule has 118 valence electrons. The van der Waals surface area contributed by atoms with Crippen LogP contribution in [0.3, 0.4) is 0 Å². The lowest BCUT2D eigenvalue weighted by atomic mass is 9.81. The van der Waals surface area contributed by atoms with Crippen LogP contribution in [0.2, 0.25) is 0 Å². The molecule has 1 aliphatic carbocycles. The molecule has 4 nitrogen and oxygen atoms in total. The van der Waals surface area contributed by atoms with Crippen molar-refractivity contribution in [2.75, 3.05) is 6.54 Å². The Balaban J connectivity index is 1.63. The first-order valence-corrected chi connectivity index (χ1v) is 7.83. The maximum atomic E-state index is 13.3. The van der Waals surface area contributed by atoms with E-state index in [0.717, 1.165) is 17.5 Å². The minimum Gasteiger partial charge on any atom is -0.481 e. The molecule has 0 aromatic heterocycles. The zero-order valence-corrected chi connectivity index (χ0v) is 12.4. The number of rotatable bonds is 2. The molecule has 1 amide bonds. The van der Waals surface area contributed by atoms with E-state index in [9.17, 15) is 14.0 Å². The highest BCUT2D eigenvalue weighted by Crippen LogP contribution is 2.31. The lowest BCUT2D eigenvalue weighted by Crippen LogP contribution is -2.41. The number of hydrogen-bond acceptors (Lipinski definition) is 2. The highest BCUT2D eigenvalue weighted by atomic mass is 19.1. The molecule has 1 heterocycles. The molecule has 1 N–H and O–H groups in total. The average Bonchev–Trinajstić information content (AvgIpc) is 2.53. The fourth-order valence-electron chi connectivity index (χ4n) is 3.56. The second-order valence-corrected chi connectivity index (χ2v) is 6.31. The smallest absolute Gasteiger partial charge is 0.306 e. The highest BCUT2D eigenvalue weighted by molar-refractivity contribution is 5.79. The van der Waals surface area contributed by atoms with E-state index in [-0.39, 0.29) is 23.6 Å². The SMILES string of the molecule is O=C(O)C1CCC(C(=O)N2CCc3ccc(F)cc3C2)CC1. The van der Waals surface area contributed by atoms with Crippen LogP contribution >= 0.6 is 0 Å². The van der Waals surface area contributed by atoms with Crippen LogP contribution in [0.4, 0.5) is 4.39 Å². The molecule has 1 aromatic rings. The van der Waals surface area contributed by atoms with Crippen LogP contribution in [0.25, 0.3) is 0 Å². The van der Waals surface area contributed by atoms with Crippen molar-refractivity contribution in [1.29, 1.82) is 0 Å². The van der Waals surface area contributed by atoms with Crippen molar-refractivity contribution in [2.24, 2.45) is 11.8 Å². The summed E-state index contributed by atoms with van der Waals surface area (Å²) in [4.78, 5) is 25.4. The molecule has 1 fully saturated rings. The van der Waals surface area contributed by atoms with Crippen molar-refractivity contribution < 1.29 is 19.1 Å². The summed E-state index contributed by atoms with van der Waals surface area (Å²) in [6.07, 6.45) is 3.19. The van der Waals surface area contributed by atoms with Crippen molar-refractivity contribution >= 4 is 11.9 Å². The average molecular weight is 305 g/mol. The van der Waals surface area contributed by atoms with Crippen LogP contribution < -0.4 is 0 Å². The van der Waals surface area contributed by atoms with Gasteiger partial charge in [0.15, 0.2) is 0 Å². The van der Waals surface area contributed by atoms with Crippen molar-refractivity contribution in [3.05, 3.63) is 35.1 Å². The van der Waals surface area contributed by atoms with Gasteiger partial charge in [0.1, 0.15) is 5.82 Å². The first kappa shape index (κ1) is 15.0. The monoisotopic (exact) mass is 305 g/mol. The molecule has 1 aromatic carbocycles. The first-order valence-electron chi connectivity index (χ1n) is 7.83. The molecule has 3 rings (SSSR count). The zero-order valence-electron chi connectivity index (χ0n) is 12.4. The first-order chi connectivity index (χ1) is 10.5. The number of benzene rings is 1. The summed E-state index contributed by atoms with van der Waals surface area (Å²) in [5, 5.41) is 9.02. The summed E-state index contributed by atoms with van der Waals surface area (Å²) in [7, 11) is 0. The van der Waals surface area contributed by atoms with Gasteiger partial charge in [0.25, 0.3) is 0 Å². The van der Waals surface area contributed by atoms with Crippen LogP contribution in [-0.2, 0) is 22.6 Å². The van der Waals surface area contributed by atoms with Crippen LogP contribution in [0.15, 0.2) is 18.2 Å². The lowest BCUT2D eigenvalue weighted by Gasteiger charge is -2.34. The van der Waals surface area contributed by atoms with Gasteiger partial charge < -0.3 is 10.0 Å². The molecule has 0 saturated heterocycles. The number of carbonyl (C=O) groups is 2. The van der Waals surface area contributed by atoms with E-state index in [1.54, 1.807) is 11.0 Å². The second-order valence-electron chi connectivity index (χ2n) is 6.31. The second kappa shape index (κ2) is 6.07. The number of carboxylic acids is 1. The number of hydrogen-bond donors (Lipinski definition) is 1. The highest BCUT2D eigenvalue weighted by Gasteiger charge is 2.33. The van der Waals surface area contributed by atoms with Gasteiger partial charge in [0, 0.05) is 19.0 Å². The molecule has 2 aliphatic rings. The predicted octanol–water partition coefficient (Wildman–Crippen LogP) is 2.60. The van der Waals surface area contributed by atoms with E-state index < -0.39 is 5.97 Å². The predicted molar refractivity (Wildman–Crippen MR) is 78.6 cm³/mol. The Morgan fingerprint density at radius 1 is 1.09 bits per heavy atom. The van der Waals surface area contributed by atoms with Gasteiger partial charge in [0.05, 0.1) is 5.92 Å². The molecular weight excluding hydrogens is 285 g/mol. The number of carboxylic acid groups (broad SMARTS) is 1. The molecule has 0 unspecified atom stereocenters. The van der Waals surface area contributed by atoms with Crippen molar-refractivity contribution in [1.82, 2.24) is 4.90 Å². The standard InChI is InChI=1S/C17H20FNO3/c18-15-6-5-11-7-8-19(10-14(11)9-15)16(20)12-1-3-13(4-2-12)17(21)22/h5-6,9,12-13H,1-4,7-8,10H2,(H,21,22). The Morgan fingerprint density at radius 3 is 2.45 bits per heavy atom. The Kier molecular flexibility index (Phi) is 4.14. The normalized spacial score (nSPS) is 24.7. The van der Waals surface area contributed by atoms with E-state index in [2.05, 4.69) is 0 Å². The Bertz CT molecular complexity index is 594. The molecule has 1 aliphatic heterocycles. The van der Waals surface area contributed by atoms with Crippen LogP contribution in [-0.4, -0.2) is 28.4 Å². The molecule has 0 bridgehead atoms. The lowest BCUT2D eigenvalue weighted by molar-refractivity contribution is -0.146. The van der Waals surface area contributed by atoms with Crippen molar-refractivity contribution in [2.45, 2.75) is 38.6 Å². The largest absolute Gasteiger partial charge is 0.481 e. The van der Waals surface area contributed by atoms with Gasteiger partial charge in [-0.3, -0.25) is 9.59 Å². The summed E-state index contributed by atoms with van der Waals surface area (Å²) in [5.74, 6) is -1.31. The van der Waals surface area contributed by atoms with Gasteiger partial charge in [-0.25, -0.2) is 4.39 Å². The Morgan fingerprint density at radius 2 is 1.77 bits per heavy atom. The maximum absolute atomic E-state index is 13.3. The number of carbonyl (C=O) groups excluding carboxylic acids is 1. The summed E-state index contributed by atoms with van der Waals surface area (Å²) >= 11 is 0. The van der Waals surface area contributed by atoms with Gasteiger partial charge in [-0.15, -0.1) is 0 Å². The molecule has 0 spiro atoms. The van der Waals surface area contributed by atoms with E-state index in [4.69, 9.17) is 5.11 Å². The quantitative estimate of drug-likeness (QED) is 0.913. The van der Waals surface area contributed by atoms with Gasteiger partial charge >= 0.3 is 5.97 Å². The summed E-state index contributed by atoms with van der Waals surface area (Å²) in [6.45, 7) is 1.13.